The largest absolute Gasteiger partial charge is 0.216 e. The van der Waals surface area contributed by atoms with E-state index in [4.69, 9.17) is 5.26 Å². The molecule has 0 unspecified atom stereocenters. The minimum atomic E-state index is -3.27. The first kappa shape index (κ1) is 13.1. The molecule has 1 aliphatic carbocycles. The Morgan fingerprint density at radius 2 is 1.94 bits per heavy atom. The summed E-state index contributed by atoms with van der Waals surface area (Å²) in [5.41, 5.74) is 1.24. The van der Waals surface area contributed by atoms with Crippen LogP contribution in [0.3, 0.4) is 0 Å². The zero-order chi connectivity index (χ0) is 13.2. The lowest BCUT2D eigenvalue weighted by Crippen LogP contribution is -2.43. The van der Waals surface area contributed by atoms with Crippen LogP contribution in [0.1, 0.15) is 30.9 Å². The summed E-state index contributed by atoms with van der Waals surface area (Å²) in [5, 5.41) is 8.66. The molecule has 0 spiro atoms. The molecular formula is C13H16N2O2S. The van der Waals surface area contributed by atoms with Crippen molar-refractivity contribution in [3.05, 3.63) is 35.4 Å². The van der Waals surface area contributed by atoms with E-state index in [9.17, 15) is 8.42 Å². The Balaban J connectivity index is 1.97. The summed E-state index contributed by atoms with van der Waals surface area (Å²) in [4.78, 5) is 0. The van der Waals surface area contributed by atoms with E-state index in [1.165, 1.54) is 0 Å². The summed E-state index contributed by atoms with van der Waals surface area (Å²) in [6.07, 6.45) is 1.85. The summed E-state index contributed by atoms with van der Waals surface area (Å²) in [7, 11) is -3.27. The second-order valence-corrected chi connectivity index (χ2v) is 6.71. The van der Waals surface area contributed by atoms with Crippen LogP contribution >= 0.6 is 0 Å². The van der Waals surface area contributed by atoms with Crippen LogP contribution in [0.4, 0.5) is 0 Å². The maximum atomic E-state index is 11.9. The molecule has 5 heteroatoms. The minimum Gasteiger partial charge on any atom is -0.212 e. The van der Waals surface area contributed by atoms with Gasteiger partial charge in [0.05, 0.1) is 17.4 Å². The van der Waals surface area contributed by atoms with Crippen LogP contribution in [0.2, 0.25) is 0 Å². The lowest BCUT2D eigenvalue weighted by molar-refractivity contribution is 0.270. The second kappa shape index (κ2) is 5.09. The highest BCUT2D eigenvalue weighted by Crippen LogP contribution is 2.27. The number of hydrogen-bond acceptors (Lipinski definition) is 3. The standard InChI is InChI=1S/C13H16N2O2S/c1-10-6-13(7-10)15-18(16,17)9-12-4-2-11(8-14)3-5-12/h2-5,10,13,15H,6-7,9H2,1H3. The average molecular weight is 264 g/mol. The van der Waals surface area contributed by atoms with Crippen molar-refractivity contribution in [3.63, 3.8) is 0 Å². The lowest BCUT2D eigenvalue weighted by Gasteiger charge is -2.32. The molecule has 0 saturated heterocycles. The molecule has 0 atom stereocenters. The fraction of sp³-hybridized carbons (Fsp3) is 0.462. The highest BCUT2D eigenvalue weighted by Gasteiger charge is 2.28. The number of hydrogen-bond donors (Lipinski definition) is 1. The van der Waals surface area contributed by atoms with Gasteiger partial charge in [-0.2, -0.15) is 5.26 Å². The normalized spacial score (nSPS) is 23.1. The van der Waals surface area contributed by atoms with E-state index < -0.39 is 10.0 Å². The predicted molar refractivity (Wildman–Crippen MR) is 69.1 cm³/mol. The van der Waals surface area contributed by atoms with Crippen molar-refractivity contribution in [2.75, 3.05) is 0 Å². The summed E-state index contributed by atoms with van der Waals surface area (Å²) in [6, 6.07) is 8.74. The number of nitrogens with zero attached hydrogens (tertiary/aromatic N) is 1. The van der Waals surface area contributed by atoms with Crippen LogP contribution in [-0.4, -0.2) is 14.5 Å². The SMILES string of the molecule is CC1CC(NS(=O)(=O)Cc2ccc(C#N)cc2)C1. The van der Waals surface area contributed by atoms with E-state index in [1.807, 2.05) is 6.07 Å². The first-order chi connectivity index (χ1) is 8.48. The monoisotopic (exact) mass is 264 g/mol. The van der Waals surface area contributed by atoms with Crippen molar-refractivity contribution in [2.45, 2.75) is 31.6 Å². The minimum absolute atomic E-state index is 0.0242. The number of nitriles is 1. The van der Waals surface area contributed by atoms with Crippen LogP contribution in [0, 0.1) is 17.2 Å². The molecule has 96 valence electrons. The smallest absolute Gasteiger partial charge is 0.212 e. The van der Waals surface area contributed by atoms with Gasteiger partial charge >= 0.3 is 0 Å². The molecule has 1 aromatic carbocycles. The van der Waals surface area contributed by atoms with Gasteiger partial charge in [0.25, 0.3) is 0 Å². The summed E-state index contributed by atoms with van der Waals surface area (Å²) < 4.78 is 26.5. The van der Waals surface area contributed by atoms with E-state index in [0.29, 0.717) is 17.0 Å². The zero-order valence-corrected chi connectivity index (χ0v) is 11.1. The molecule has 1 N–H and O–H groups in total. The van der Waals surface area contributed by atoms with Crippen molar-refractivity contribution in [1.29, 1.82) is 5.26 Å². The Labute approximate surface area is 108 Å². The fourth-order valence-electron chi connectivity index (χ4n) is 2.19. The molecule has 2 rings (SSSR count). The third kappa shape index (κ3) is 3.31. The molecule has 1 saturated carbocycles. The number of nitrogens with one attached hydrogen (secondary N) is 1. The molecular weight excluding hydrogens is 248 g/mol. The van der Waals surface area contributed by atoms with E-state index in [-0.39, 0.29) is 11.8 Å². The molecule has 0 amide bonds. The maximum absolute atomic E-state index is 11.9. The van der Waals surface area contributed by atoms with Gasteiger partial charge in [-0.25, -0.2) is 13.1 Å². The fourth-order valence-corrected chi connectivity index (χ4v) is 3.60. The second-order valence-electron chi connectivity index (χ2n) is 4.96. The molecule has 0 bridgehead atoms. The van der Waals surface area contributed by atoms with Crippen molar-refractivity contribution in [2.24, 2.45) is 5.92 Å². The Morgan fingerprint density at radius 3 is 2.44 bits per heavy atom. The van der Waals surface area contributed by atoms with Crippen LogP contribution in [0.5, 0.6) is 0 Å². The average Bonchev–Trinajstić information content (AvgIpc) is 2.27. The molecule has 0 aromatic heterocycles. The number of rotatable bonds is 4. The quantitative estimate of drug-likeness (QED) is 0.901. The van der Waals surface area contributed by atoms with Crippen molar-refractivity contribution in [3.8, 4) is 6.07 Å². The van der Waals surface area contributed by atoms with E-state index >= 15 is 0 Å². The van der Waals surface area contributed by atoms with Crippen LogP contribution in [0.15, 0.2) is 24.3 Å². The molecule has 4 nitrogen and oxygen atoms in total. The van der Waals surface area contributed by atoms with Crippen molar-refractivity contribution in [1.82, 2.24) is 4.72 Å². The zero-order valence-electron chi connectivity index (χ0n) is 10.3. The molecule has 1 fully saturated rings. The Kier molecular flexibility index (Phi) is 3.69. The van der Waals surface area contributed by atoms with Gasteiger partial charge in [-0.1, -0.05) is 19.1 Å². The van der Waals surface area contributed by atoms with Crippen LogP contribution < -0.4 is 4.72 Å². The Hall–Kier alpha value is -1.38. The summed E-state index contributed by atoms with van der Waals surface area (Å²) in [5.74, 6) is 0.594. The molecule has 1 aliphatic rings. The van der Waals surface area contributed by atoms with E-state index in [2.05, 4.69) is 11.6 Å². The Bertz CT molecular complexity index is 552. The van der Waals surface area contributed by atoms with Gasteiger partial charge in [0.15, 0.2) is 0 Å². The van der Waals surface area contributed by atoms with Gasteiger partial charge in [-0.05, 0) is 36.5 Å². The van der Waals surface area contributed by atoms with E-state index in [0.717, 1.165) is 12.8 Å². The maximum Gasteiger partial charge on any atom is 0.216 e. The van der Waals surface area contributed by atoms with Gasteiger partial charge in [-0.15, -0.1) is 0 Å². The molecule has 0 aliphatic heterocycles. The predicted octanol–water partition coefficient (Wildman–Crippen LogP) is 1.78. The third-order valence-corrected chi connectivity index (χ3v) is 4.57. The van der Waals surface area contributed by atoms with Gasteiger partial charge in [-0.3, -0.25) is 0 Å². The highest BCUT2D eigenvalue weighted by molar-refractivity contribution is 7.88. The molecule has 0 heterocycles. The van der Waals surface area contributed by atoms with Crippen LogP contribution in [-0.2, 0) is 15.8 Å². The molecule has 1 aromatic rings. The number of sulfonamides is 1. The van der Waals surface area contributed by atoms with Crippen molar-refractivity contribution < 1.29 is 8.42 Å². The van der Waals surface area contributed by atoms with Gasteiger partial charge in [0.1, 0.15) is 0 Å². The molecule has 18 heavy (non-hydrogen) atoms. The number of benzene rings is 1. The summed E-state index contributed by atoms with van der Waals surface area (Å²) >= 11 is 0. The highest BCUT2D eigenvalue weighted by atomic mass is 32.2. The first-order valence-electron chi connectivity index (χ1n) is 5.97. The lowest BCUT2D eigenvalue weighted by atomic mass is 9.83. The van der Waals surface area contributed by atoms with E-state index in [1.54, 1.807) is 24.3 Å². The van der Waals surface area contributed by atoms with Crippen LogP contribution in [0.25, 0.3) is 0 Å². The van der Waals surface area contributed by atoms with Gasteiger partial charge < -0.3 is 0 Å². The van der Waals surface area contributed by atoms with Gasteiger partial charge in [0, 0.05) is 6.04 Å². The summed E-state index contributed by atoms with van der Waals surface area (Å²) in [6.45, 7) is 2.12. The van der Waals surface area contributed by atoms with Crippen molar-refractivity contribution >= 4 is 10.0 Å². The first-order valence-corrected chi connectivity index (χ1v) is 7.63. The topological polar surface area (TPSA) is 70.0 Å². The Morgan fingerprint density at radius 1 is 1.33 bits per heavy atom. The third-order valence-electron chi connectivity index (χ3n) is 3.16. The molecule has 0 radical (unpaired) electrons. The van der Waals surface area contributed by atoms with Gasteiger partial charge in [0.2, 0.25) is 10.0 Å².